The molecule has 118 valence electrons. The van der Waals surface area contributed by atoms with Crippen LogP contribution in [-0.4, -0.2) is 26.7 Å². The second-order valence-corrected chi connectivity index (χ2v) is 4.53. The van der Waals surface area contributed by atoms with Crippen molar-refractivity contribution in [3.05, 3.63) is 47.9 Å². The zero-order valence-corrected chi connectivity index (χ0v) is 12.6. The van der Waals surface area contributed by atoms with Gasteiger partial charge < -0.3 is 13.9 Å². The fourth-order valence-electron chi connectivity index (χ4n) is 1.93. The molecular weight excluding hydrogens is 286 g/mol. The van der Waals surface area contributed by atoms with E-state index < -0.39 is 0 Å². The molecule has 0 fully saturated rings. The second kappa shape index (κ2) is 8.09. The smallest absolute Gasteiger partial charge is 0.274 e. The van der Waals surface area contributed by atoms with E-state index in [9.17, 15) is 4.79 Å². The van der Waals surface area contributed by atoms with Gasteiger partial charge in [0.05, 0.1) is 27.1 Å². The lowest BCUT2D eigenvalue weighted by molar-refractivity contribution is 0.0301. The Morgan fingerprint density at radius 3 is 2.68 bits per heavy atom. The molecule has 0 spiro atoms. The number of hydrogen-bond donors (Lipinski definition) is 1. The minimum Gasteiger partial charge on any atom is -0.493 e. The Hall–Kier alpha value is -2.47. The van der Waals surface area contributed by atoms with Crippen LogP contribution in [0, 0.1) is 0 Å². The van der Waals surface area contributed by atoms with Gasteiger partial charge >= 0.3 is 0 Å². The Labute approximate surface area is 128 Å². The van der Waals surface area contributed by atoms with Crippen LogP contribution < -0.4 is 15.0 Å². The summed E-state index contributed by atoms with van der Waals surface area (Å²) in [6.07, 6.45) is 3.15. The maximum atomic E-state index is 12.0. The van der Waals surface area contributed by atoms with Gasteiger partial charge in [-0.25, -0.2) is 5.48 Å². The van der Waals surface area contributed by atoms with E-state index in [1.807, 2.05) is 12.1 Å². The summed E-state index contributed by atoms with van der Waals surface area (Å²) in [6, 6.07) is 8.66. The van der Waals surface area contributed by atoms with Crippen molar-refractivity contribution in [3.63, 3.8) is 0 Å². The maximum Gasteiger partial charge on any atom is 0.274 e. The molecular formula is C16H19NO5. The molecule has 1 aromatic heterocycles. The summed E-state index contributed by atoms with van der Waals surface area (Å²) in [4.78, 5) is 17.1. The normalized spacial score (nSPS) is 10.3. The Bertz CT molecular complexity index is 595. The minimum atomic E-state index is -0.334. The highest BCUT2D eigenvalue weighted by Gasteiger charge is 2.10. The molecule has 0 saturated heterocycles. The van der Waals surface area contributed by atoms with Crippen LogP contribution in [0.1, 0.15) is 22.5 Å². The van der Waals surface area contributed by atoms with Crippen molar-refractivity contribution in [2.24, 2.45) is 0 Å². The van der Waals surface area contributed by atoms with Crippen LogP contribution in [0.2, 0.25) is 0 Å². The molecule has 0 bridgehead atoms. The van der Waals surface area contributed by atoms with Gasteiger partial charge in [-0.05, 0) is 36.8 Å². The van der Waals surface area contributed by atoms with E-state index in [4.69, 9.17) is 18.7 Å². The number of methoxy groups -OCH3 is 2. The average molecular weight is 305 g/mol. The number of aryl methyl sites for hydroxylation is 1. The quantitative estimate of drug-likeness (QED) is 0.599. The lowest BCUT2D eigenvalue weighted by atomic mass is 10.2. The molecule has 0 radical (unpaired) electrons. The molecule has 2 aromatic rings. The maximum absolute atomic E-state index is 12.0. The number of hydrogen-bond acceptors (Lipinski definition) is 5. The summed E-state index contributed by atoms with van der Waals surface area (Å²) in [5, 5.41) is 0. The van der Waals surface area contributed by atoms with E-state index in [0.717, 1.165) is 18.6 Å². The molecule has 1 aromatic carbocycles. The molecule has 6 heteroatoms. The number of hydroxylamine groups is 1. The van der Waals surface area contributed by atoms with Crippen LogP contribution in [0.25, 0.3) is 0 Å². The highest BCUT2D eigenvalue weighted by atomic mass is 16.6. The second-order valence-electron chi connectivity index (χ2n) is 4.53. The zero-order valence-electron chi connectivity index (χ0n) is 12.6. The van der Waals surface area contributed by atoms with E-state index in [2.05, 4.69) is 5.48 Å². The van der Waals surface area contributed by atoms with Crippen LogP contribution in [0.3, 0.4) is 0 Å². The average Bonchev–Trinajstić information content (AvgIpc) is 3.07. The number of benzene rings is 1. The first-order valence-electron chi connectivity index (χ1n) is 6.91. The summed E-state index contributed by atoms with van der Waals surface area (Å²) in [5.41, 5.74) is 2.84. The summed E-state index contributed by atoms with van der Waals surface area (Å²) >= 11 is 0. The third kappa shape index (κ3) is 4.26. The molecule has 0 aliphatic heterocycles. The lowest BCUT2D eigenvalue weighted by Gasteiger charge is -2.10. The summed E-state index contributed by atoms with van der Waals surface area (Å²) < 4.78 is 15.5. The summed E-state index contributed by atoms with van der Waals surface area (Å²) in [5.74, 6) is 1.63. The van der Waals surface area contributed by atoms with Crippen LogP contribution in [0.15, 0.2) is 41.0 Å². The van der Waals surface area contributed by atoms with E-state index in [1.54, 1.807) is 31.6 Å². The highest BCUT2D eigenvalue weighted by molar-refractivity contribution is 5.94. The molecule has 1 amide bonds. The first-order chi connectivity index (χ1) is 10.7. The van der Waals surface area contributed by atoms with E-state index in [0.29, 0.717) is 23.7 Å². The molecule has 22 heavy (non-hydrogen) atoms. The van der Waals surface area contributed by atoms with Gasteiger partial charge in [0.25, 0.3) is 5.91 Å². The van der Waals surface area contributed by atoms with Gasteiger partial charge in [0.15, 0.2) is 11.5 Å². The van der Waals surface area contributed by atoms with Crippen LogP contribution >= 0.6 is 0 Å². The van der Waals surface area contributed by atoms with Gasteiger partial charge in [0, 0.05) is 12.0 Å². The Morgan fingerprint density at radius 1 is 1.18 bits per heavy atom. The van der Waals surface area contributed by atoms with Gasteiger partial charge in [-0.2, -0.15) is 0 Å². The standard InChI is InChI=1S/C16H19NO5/c1-19-14-8-7-12(11-15(14)20-2)16(18)17-22-10-4-6-13-5-3-9-21-13/h3,5,7-9,11H,4,6,10H2,1-2H3,(H,17,18). The summed E-state index contributed by atoms with van der Waals surface area (Å²) in [7, 11) is 3.06. The Balaban J connectivity index is 1.77. The van der Waals surface area contributed by atoms with Crippen molar-refractivity contribution in [1.29, 1.82) is 0 Å². The Kier molecular flexibility index (Phi) is 5.85. The van der Waals surface area contributed by atoms with Crippen molar-refractivity contribution in [2.45, 2.75) is 12.8 Å². The van der Waals surface area contributed by atoms with Crippen LogP contribution in [0.4, 0.5) is 0 Å². The van der Waals surface area contributed by atoms with E-state index in [-0.39, 0.29) is 5.91 Å². The van der Waals surface area contributed by atoms with Gasteiger partial charge in [0.2, 0.25) is 0 Å². The predicted octanol–water partition coefficient (Wildman–Crippen LogP) is 2.59. The number of amides is 1. The number of furan rings is 1. The van der Waals surface area contributed by atoms with Crippen molar-refractivity contribution < 1.29 is 23.5 Å². The first-order valence-corrected chi connectivity index (χ1v) is 6.91. The molecule has 0 atom stereocenters. The van der Waals surface area contributed by atoms with Crippen LogP contribution in [-0.2, 0) is 11.3 Å². The van der Waals surface area contributed by atoms with Crippen molar-refractivity contribution >= 4 is 5.91 Å². The van der Waals surface area contributed by atoms with Gasteiger partial charge in [-0.3, -0.25) is 9.63 Å². The molecule has 1 N–H and O–H groups in total. The SMILES string of the molecule is COc1ccc(C(=O)NOCCCc2ccco2)cc1OC. The molecule has 2 rings (SSSR count). The number of carbonyl (C=O) groups excluding carboxylic acids is 1. The van der Waals surface area contributed by atoms with E-state index in [1.165, 1.54) is 7.11 Å². The highest BCUT2D eigenvalue weighted by Crippen LogP contribution is 2.27. The van der Waals surface area contributed by atoms with Crippen molar-refractivity contribution in [2.75, 3.05) is 20.8 Å². The topological polar surface area (TPSA) is 69.9 Å². The minimum absolute atomic E-state index is 0.334. The Morgan fingerprint density at radius 2 is 2.00 bits per heavy atom. The third-order valence-electron chi connectivity index (χ3n) is 3.06. The molecule has 6 nitrogen and oxygen atoms in total. The first kappa shape index (κ1) is 15.9. The van der Waals surface area contributed by atoms with Gasteiger partial charge in [-0.1, -0.05) is 0 Å². The number of carbonyl (C=O) groups is 1. The third-order valence-corrected chi connectivity index (χ3v) is 3.06. The predicted molar refractivity (Wildman–Crippen MR) is 80.0 cm³/mol. The zero-order chi connectivity index (χ0) is 15.8. The van der Waals surface area contributed by atoms with Crippen molar-refractivity contribution in [3.8, 4) is 11.5 Å². The number of ether oxygens (including phenoxy) is 2. The van der Waals surface area contributed by atoms with Crippen molar-refractivity contribution in [1.82, 2.24) is 5.48 Å². The molecule has 0 aliphatic carbocycles. The molecule has 0 aliphatic rings. The fourth-order valence-corrected chi connectivity index (χ4v) is 1.93. The van der Waals surface area contributed by atoms with Crippen LogP contribution in [0.5, 0.6) is 11.5 Å². The van der Waals surface area contributed by atoms with Gasteiger partial charge in [0.1, 0.15) is 5.76 Å². The van der Waals surface area contributed by atoms with E-state index >= 15 is 0 Å². The molecule has 0 unspecified atom stereocenters. The fraction of sp³-hybridized carbons (Fsp3) is 0.312. The molecule has 1 heterocycles. The molecule has 0 saturated carbocycles. The number of rotatable bonds is 8. The monoisotopic (exact) mass is 305 g/mol. The van der Waals surface area contributed by atoms with Gasteiger partial charge in [-0.15, -0.1) is 0 Å². The number of nitrogens with one attached hydrogen (secondary N) is 1. The summed E-state index contributed by atoms with van der Waals surface area (Å²) in [6.45, 7) is 0.403. The largest absolute Gasteiger partial charge is 0.493 e. The lowest BCUT2D eigenvalue weighted by Crippen LogP contribution is -2.24.